The third kappa shape index (κ3) is 4.68. The van der Waals surface area contributed by atoms with Crippen molar-refractivity contribution in [1.29, 1.82) is 0 Å². The monoisotopic (exact) mass is 422 g/mol. The zero-order valence-corrected chi connectivity index (χ0v) is 18.8. The third-order valence-corrected chi connectivity index (χ3v) is 6.70. The highest BCUT2D eigenvalue weighted by Gasteiger charge is 2.20. The standard InChI is InChI=1S/C25H34N4O2/c1-18-13-12-16-29-22(18)27-23-20(25(29)31)17-21(28(23)2)24(30)26-19-14-10-8-6-4-3-5-7-9-11-15-19/h12-13,16-17,19H,3-11,14-15H2,1-2H3,(H,26,30). The van der Waals surface area contributed by atoms with Gasteiger partial charge < -0.3 is 9.88 Å². The smallest absolute Gasteiger partial charge is 0.268 e. The van der Waals surface area contributed by atoms with Gasteiger partial charge in [-0.2, -0.15) is 0 Å². The summed E-state index contributed by atoms with van der Waals surface area (Å²) in [6.45, 7) is 1.94. The Labute approximate surface area is 183 Å². The topological polar surface area (TPSA) is 68.4 Å². The van der Waals surface area contributed by atoms with Crippen LogP contribution in [0.3, 0.4) is 0 Å². The first-order valence-corrected chi connectivity index (χ1v) is 11.8. The number of hydrogen-bond acceptors (Lipinski definition) is 3. The normalized spacial score (nSPS) is 17.4. The second-order valence-corrected chi connectivity index (χ2v) is 9.06. The molecule has 0 spiro atoms. The molecule has 0 saturated heterocycles. The summed E-state index contributed by atoms with van der Waals surface area (Å²) in [7, 11) is 1.82. The SMILES string of the molecule is Cc1cccn2c(=O)c3cc(C(=O)NC4CCCCCCCCCCC4)n(C)c3nc12. The summed E-state index contributed by atoms with van der Waals surface area (Å²) in [4.78, 5) is 30.9. The minimum atomic E-state index is -0.135. The van der Waals surface area contributed by atoms with Crippen molar-refractivity contribution in [2.75, 3.05) is 0 Å². The molecule has 0 unspecified atom stereocenters. The molecular weight excluding hydrogens is 388 g/mol. The maximum Gasteiger partial charge on any atom is 0.268 e. The van der Waals surface area contributed by atoms with Gasteiger partial charge >= 0.3 is 0 Å². The lowest BCUT2D eigenvalue weighted by molar-refractivity contribution is 0.0923. The van der Waals surface area contributed by atoms with E-state index < -0.39 is 0 Å². The first-order valence-electron chi connectivity index (χ1n) is 11.8. The van der Waals surface area contributed by atoms with E-state index in [9.17, 15) is 9.59 Å². The first kappa shape index (κ1) is 21.6. The van der Waals surface area contributed by atoms with Gasteiger partial charge in [-0.3, -0.25) is 14.0 Å². The van der Waals surface area contributed by atoms with Crippen LogP contribution in [0.4, 0.5) is 0 Å². The molecular formula is C25H34N4O2. The number of hydrogen-bond donors (Lipinski definition) is 1. The molecule has 4 rings (SSSR count). The van der Waals surface area contributed by atoms with E-state index >= 15 is 0 Å². The van der Waals surface area contributed by atoms with E-state index in [1.54, 1.807) is 21.2 Å². The highest BCUT2D eigenvalue weighted by molar-refractivity contribution is 5.98. The van der Waals surface area contributed by atoms with Gasteiger partial charge in [-0.25, -0.2) is 4.98 Å². The van der Waals surface area contributed by atoms with Crippen molar-refractivity contribution in [3.8, 4) is 0 Å². The van der Waals surface area contributed by atoms with Crippen LogP contribution in [0.25, 0.3) is 16.7 Å². The van der Waals surface area contributed by atoms with Crippen LogP contribution in [0.15, 0.2) is 29.2 Å². The minimum absolute atomic E-state index is 0.109. The molecule has 0 radical (unpaired) electrons. The number of nitrogens with one attached hydrogen (secondary N) is 1. The largest absolute Gasteiger partial charge is 0.348 e. The van der Waals surface area contributed by atoms with Gasteiger partial charge in [-0.05, 0) is 37.5 Å². The maximum absolute atomic E-state index is 13.2. The van der Waals surface area contributed by atoms with Crippen LogP contribution >= 0.6 is 0 Å². The molecule has 166 valence electrons. The van der Waals surface area contributed by atoms with E-state index in [1.165, 1.54) is 44.9 Å². The number of aromatic nitrogens is 3. The molecule has 31 heavy (non-hydrogen) atoms. The molecule has 0 atom stereocenters. The Bertz CT molecular complexity index is 1120. The van der Waals surface area contributed by atoms with Crippen molar-refractivity contribution in [3.05, 3.63) is 46.0 Å². The summed E-state index contributed by atoms with van der Waals surface area (Å²) in [6.07, 6.45) is 15.2. The summed E-state index contributed by atoms with van der Waals surface area (Å²) in [5.74, 6) is -0.109. The molecule has 1 fully saturated rings. The van der Waals surface area contributed by atoms with E-state index in [0.29, 0.717) is 22.4 Å². The van der Waals surface area contributed by atoms with Crippen LogP contribution in [0.1, 0.15) is 86.7 Å². The van der Waals surface area contributed by atoms with Gasteiger partial charge in [0.2, 0.25) is 0 Å². The Hall–Kier alpha value is -2.63. The Morgan fingerprint density at radius 3 is 2.26 bits per heavy atom. The Kier molecular flexibility index (Phi) is 6.73. The predicted molar refractivity (Wildman–Crippen MR) is 125 cm³/mol. The zero-order valence-electron chi connectivity index (χ0n) is 18.8. The van der Waals surface area contributed by atoms with Crippen LogP contribution in [-0.2, 0) is 7.05 Å². The van der Waals surface area contributed by atoms with Crippen LogP contribution in [0, 0.1) is 6.92 Å². The minimum Gasteiger partial charge on any atom is -0.348 e. The quantitative estimate of drug-likeness (QED) is 0.639. The van der Waals surface area contributed by atoms with Crippen molar-refractivity contribution >= 4 is 22.6 Å². The molecule has 1 amide bonds. The number of aryl methyl sites for hydroxylation is 2. The molecule has 3 aromatic heterocycles. The fourth-order valence-electron chi connectivity index (χ4n) is 4.81. The lowest BCUT2D eigenvalue weighted by Crippen LogP contribution is -2.35. The van der Waals surface area contributed by atoms with E-state index in [4.69, 9.17) is 4.98 Å². The average molecular weight is 423 g/mol. The van der Waals surface area contributed by atoms with Gasteiger partial charge in [0.05, 0.1) is 5.39 Å². The third-order valence-electron chi connectivity index (χ3n) is 6.70. The fourth-order valence-corrected chi connectivity index (χ4v) is 4.81. The molecule has 0 aliphatic heterocycles. The Balaban J connectivity index is 1.58. The van der Waals surface area contributed by atoms with E-state index in [0.717, 1.165) is 31.2 Å². The van der Waals surface area contributed by atoms with Gasteiger partial charge in [-0.1, -0.05) is 63.9 Å². The summed E-state index contributed by atoms with van der Waals surface area (Å²) in [5.41, 5.74) is 2.49. The number of amides is 1. The number of rotatable bonds is 2. The average Bonchev–Trinajstić information content (AvgIpc) is 3.08. The molecule has 1 aliphatic rings. The number of nitrogens with zero attached hydrogens (tertiary/aromatic N) is 3. The number of fused-ring (bicyclic) bond motifs is 2. The molecule has 0 bridgehead atoms. The maximum atomic E-state index is 13.2. The van der Waals surface area contributed by atoms with Gasteiger partial charge in [0.1, 0.15) is 17.0 Å². The molecule has 1 saturated carbocycles. The number of carbonyl (C=O) groups excluding carboxylic acids is 1. The van der Waals surface area contributed by atoms with Crippen LogP contribution in [-0.4, -0.2) is 25.9 Å². The van der Waals surface area contributed by atoms with Crippen LogP contribution < -0.4 is 10.9 Å². The van der Waals surface area contributed by atoms with Crippen molar-refractivity contribution in [2.24, 2.45) is 7.05 Å². The molecule has 6 nitrogen and oxygen atoms in total. The second-order valence-electron chi connectivity index (χ2n) is 9.06. The summed E-state index contributed by atoms with van der Waals surface area (Å²) < 4.78 is 3.32. The van der Waals surface area contributed by atoms with Gasteiger partial charge in [0, 0.05) is 19.3 Å². The Morgan fingerprint density at radius 2 is 1.61 bits per heavy atom. The summed E-state index contributed by atoms with van der Waals surface area (Å²) >= 11 is 0. The summed E-state index contributed by atoms with van der Waals surface area (Å²) in [5, 5.41) is 3.75. The highest BCUT2D eigenvalue weighted by Crippen LogP contribution is 2.19. The zero-order chi connectivity index (χ0) is 21.8. The lowest BCUT2D eigenvalue weighted by Gasteiger charge is -2.19. The summed E-state index contributed by atoms with van der Waals surface area (Å²) in [6, 6.07) is 5.68. The van der Waals surface area contributed by atoms with E-state index in [2.05, 4.69) is 5.32 Å². The number of carbonyl (C=O) groups is 1. The van der Waals surface area contributed by atoms with Crippen molar-refractivity contribution in [1.82, 2.24) is 19.3 Å². The van der Waals surface area contributed by atoms with E-state index in [-0.39, 0.29) is 17.5 Å². The second kappa shape index (κ2) is 9.67. The Morgan fingerprint density at radius 1 is 1.00 bits per heavy atom. The van der Waals surface area contributed by atoms with Gasteiger partial charge in [0.15, 0.2) is 0 Å². The first-order chi connectivity index (χ1) is 15.1. The predicted octanol–water partition coefficient (Wildman–Crippen LogP) is 4.90. The van der Waals surface area contributed by atoms with Crippen molar-refractivity contribution in [2.45, 2.75) is 83.6 Å². The molecule has 0 aromatic carbocycles. The van der Waals surface area contributed by atoms with Gasteiger partial charge in [-0.15, -0.1) is 0 Å². The molecule has 1 aliphatic carbocycles. The van der Waals surface area contributed by atoms with Crippen LogP contribution in [0.2, 0.25) is 0 Å². The molecule has 6 heteroatoms. The molecule has 1 N–H and O–H groups in total. The van der Waals surface area contributed by atoms with Crippen molar-refractivity contribution in [3.63, 3.8) is 0 Å². The molecule has 3 aromatic rings. The fraction of sp³-hybridized carbons (Fsp3) is 0.560. The van der Waals surface area contributed by atoms with Crippen molar-refractivity contribution < 1.29 is 4.79 Å². The lowest BCUT2D eigenvalue weighted by atomic mass is 9.98. The highest BCUT2D eigenvalue weighted by atomic mass is 16.2. The van der Waals surface area contributed by atoms with Crippen LogP contribution in [0.5, 0.6) is 0 Å². The molecule has 3 heterocycles. The van der Waals surface area contributed by atoms with Gasteiger partial charge in [0.25, 0.3) is 11.5 Å². The number of pyridine rings is 1. The van der Waals surface area contributed by atoms with E-state index in [1.807, 2.05) is 26.1 Å².